The van der Waals surface area contributed by atoms with Gasteiger partial charge in [0.2, 0.25) is 0 Å². The number of nitrogens with zero attached hydrogens (tertiary/aromatic N) is 2. The zero-order valence-corrected chi connectivity index (χ0v) is 13.4. The van der Waals surface area contributed by atoms with Crippen molar-refractivity contribution in [2.75, 3.05) is 33.9 Å². The second-order valence-electron chi connectivity index (χ2n) is 4.98. The number of carbonyl (C=O) groups excluding carboxylic acids is 2. The summed E-state index contributed by atoms with van der Waals surface area (Å²) in [6.07, 6.45) is 0. The van der Waals surface area contributed by atoms with Gasteiger partial charge in [0.15, 0.2) is 0 Å². The Morgan fingerprint density at radius 3 is 2.61 bits per heavy atom. The summed E-state index contributed by atoms with van der Waals surface area (Å²) in [5.74, 6) is -1.35. The fraction of sp³-hybridized carbons (Fsp3) is 0.467. The Morgan fingerprint density at radius 1 is 1.35 bits per heavy atom. The van der Waals surface area contributed by atoms with Crippen LogP contribution in [0.2, 0.25) is 0 Å². The first-order chi connectivity index (χ1) is 10.9. The minimum absolute atomic E-state index is 0.136. The summed E-state index contributed by atoms with van der Waals surface area (Å²) in [4.78, 5) is 35.8. The highest BCUT2D eigenvalue weighted by Gasteiger charge is 2.23. The van der Waals surface area contributed by atoms with Gasteiger partial charge in [-0.2, -0.15) is 0 Å². The molecule has 1 amide bonds. The molecule has 1 unspecified atom stereocenters. The number of carbonyl (C=O) groups is 2. The van der Waals surface area contributed by atoms with Crippen LogP contribution in [0, 0.1) is 16.0 Å². The fourth-order valence-corrected chi connectivity index (χ4v) is 2.02. The number of ether oxygens (including phenoxy) is 2. The van der Waals surface area contributed by atoms with E-state index in [9.17, 15) is 19.7 Å². The minimum Gasteiger partial charge on any atom is -0.469 e. The maximum atomic E-state index is 12.6. The number of nitro benzene ring substituents is 1. The summed E-state index contributed by atoms with van der Waals surface area (Å²) < 4.78 is 9.63. The molecule has 0 fully saturated rings. The van der Waals surface area contributed by atoms with Crippen LogP contribution in [0.4, 0.5) is 5.69 Å². The molecular formula is C15H20N2O6. The lowest BCUT2D eigenvalue weighted by Crippen LogP contribution is -2.39. The predicted octanol–water partition coefficient (Wildman–Crippen LogP) is 1.49. The molecule has 8 heteroatoms. The highest BCUT2D eigenvalue weighted by atomic mass is 16.6. The Bertz CT molecular complexity index is 575. The number of non-ortho nitro benzene ring substituents is 1. The molecule has 0 aliphatic carbocycles. The van der Waals surface area contributed by atoms with Crippen molar-refractivity contribution < 1.29 is 24.0 Å². The van der Waals surface area contributed by atoms with Gasteiger partial charge in [0, 0.05) is 37.9 Å². The summed E-state index contributed by atoms with van der Waals surface area (Å²) in [6, 6.07) is 5.47. The van der Waals surface area contributed by atoms with Gasteiger partial charge < -0.3 is 14.4 Å². The first-order valence-corrected chi connectivity index (χ1v) is 7.01. The zero-order valence-electron chi connectivity index (χ0n) is 13.4. The van der Waals surface area contributed by atoms with Crippen molar-refractivity contribution in [3.05, 3.63) is 39.9 Å². The zero-order chi connectivity index (χ0) is 17.4. The Morgan fingerprint density at radius 2 is 2.04 bits per heavy atom. The molecule has 0 aromatic heterocycles. The van der Waals surface area contributed by atoms with E-state index in [4.69, 9.17) is 4.74 Å². The van der Waals surface area contributed by atoms with Crippen LogP contribution in [0.25, 0.3) is 0 Å². The third kappa shape index (κ3) is 5.33. The molecule has 0 heterocycles. The molecule has 1 aromatic carbocycles. The third-order valence-electron chi connectivity index (χ3n) is 3.25. The Kier molecular flexibility index (Phi) is 7.14. The van der Waals surface area contributed by atoms with Crippen molar-refractivity contribution in [2.45, 2.75) is 6.92 Å². The standard InChI is InChI=1S/C15H20N2O6/c1-11(15(19)23-3)10-16(7-8-22-2)14(18)12-5-4-6-13(9-12)17(20)21/h4-6,9,11H,7-8,10H2,1-3H3. The molecule has 8 nitrogen and oxygen atoms in total. The quantitative estimate of drug-likeness (QED) is 0.408. The average Bonchev–Trinajstić information content (AvgIpc) is 2.56. The van der Waals surface area contributed by atoms with E-state index in [2.05, 4.69) is 4.74 Å². The maximum absolute atomic E-state index is 12.6. The van der Waals surface area contributed by atoms with Crippen molar-refractivity contribution in [1.29, 1.82) is 0 Å². The first-order valence-electron chi connectivity index (χ1n) is 7.01. The van der Waals surface area contributed by atoms with Crippen molar-refractivity contribution >= 4 is 17.6 Å². The van der Waals surface area contributed by atoms with E-state index in [1.807, 2.05) is 0 Å². The number of nitro groups is 1. The second-order valence-corrected chi connectivity index (χ2v) is 4.98. The van der Waals surface area contributed by atoms with Gasteiger partial charge in [0.05, 0.1) is 24.6 Å². The van der Waals surface area contributed by atoms with Crippen LogP contribution in [0.3, 0.4) is 0 Å². The lowest BCUT2D eigenvalue weighted by atomic mass is 10.1. The van der Waals surface area contributed by atoms with Gasteiger partial charge in [0.25, 0.3) is 11.6 Å². The van der Waals surface area contributed by atoms with E-state index in [1.165, 1.54) is 43.4 Å². The summed E-state index contributed by atoms with van der Waals surface area (Å²) in [7, 11) is 2.78. The second kappa shape index (κ2) is 8.84. The molecule has 0 bridgehead atoms. The van der Waals surface area contributed by atoms with Crippen molar-refractivity contribution in [1.82, 2.24) is 4.90 Å². The van der Waals surface area contributed by atoms with E-state index in [0.29, 0.717) is 0 Å². The van der Waals surface area contributed by atoms with Gasteiger partial charge in [-0.3, -0.25) is 19.7 Å². The first kappa shape index (κ1) is 18.6. The highest BCUT2D eigenvalue weighted by Crippen LogP contribution is 2.16. The summed E-state index contributed by atoms with van der Waals surface area (Å²) in [5.41, 5.74) is 0.0240. The topological polar surface area (TPSA) is 99.0 Å². The van der Waals surface area contributed by atoms with Crippen molar-refractivity contribution in [2.24, 2.45) is 5.92 Å². The van der Waals surface area contributed by atoms with E-state index >= 15 is 0 Å². The number of hydrogen-bond donors (Lipinski definition) is 0. The van der Waals surface area contributed by atoms with Crippen LogP contribution in [-0.4, -0.2) is 55.6 Å². The van der Waals surface area contributed by atoms with E-state index in [1.54, 1.807) is 6.92 Å². The summed E-state index contributed by atoms with van der Waals surface area (Å²) >= 11 is 0. The van der Waals surface area contributed by atoms with Gasteiger partial charge >= 0.3 is 5.97 Å². The molecule has 0 saturated carbocycles. The molecule has 0 saturated heterocycles. The van der Waals surface area contributed by atoms with Gasteiger partial charge in [0.1, 0.15) is 0 Å². The third-order valence-corrected chi connectivity index (χ3v) is 3.25. The molecule has 1 atom stereocenters. The normalized spacial score (nSPS) is 11.6. The lowest BCUT2D eigenvalue weighted by Gasteiger charge is -2.24. The van der Waals surface area contributed by atoms with Crippen molar-refractivity contribution in [3.8, 4) is 0 Å². The number of hydrogen-bond acceptors (Lipinski definition) is 6. The number of esters is 1. The van der Waals surface area contributed by atoms with Gasteiger partial charge in [-0.05, 0) is 6.07 Å². The number of benzene rings is 1. The monoisotopic (exact) mass is 324 g/mol. The maximum Gasteiger partial charge on any atom is 0.310 e. The van der Waals surface area contributed by atoms with E-state index in [-0.39, 0.29) is 30.9 Å². The Labute approximate surface area is 134 Å². The minimum atomic E-state index is -0.562. The smallest absolute Gasteiger partial charge is 0.310 e. The van der Waals surface area contributed by atoms with Gasteiger partial charge in [-0.15, -0.1) is 0 Å². The van der Waals surface area contributed by atoms with E-state index < -0.39 is 22.7 Å². The van der Waals surface area contributed by atoms with Crippen LogP contribution in [-0.2, 0) is 14.3 Å². The summed E-state index contributed by atoms with van der Waals surface area (Å²) in [6.45, 7) is 2.33. The Hall–Kier alpha value is -2.48. The van der Waals surface area contributed by atoms with Gasteiger partial charge in [-0.1, -0.05) is 13.0 Å². The van der Waals surface area contributed by atoms with Crippen LogP contribution in [0.5, 0.6) is 0 Å². The largest absolute Gasteiger partial charge is 0.469 e. The molecular weight excluding hydrogens is 304 g/mol. The summed E-state index contributed by atoms with van der Waals surface area (Å²) in [5, 5.41) is 10.8. The van der Waals surface area contributed by atoms with Crippen LogP contribution in [0.1, 0.15) is 17.3 Å². The average molecular weight is 324 g/mol. The van der Waals surface area contributed by atoms with Crippen LogP contribution in [0.15, 0.2) is 24.3 Å². The number of methoxy groups -OCH3 is 2. The fourth-order valence-electron chi connectivity index (χ4n) is 2.02. The molecule has 126 valence electrons. The van der Waals surface area contributed by atoms with Gasteiger partial charge in [-0.25, -0.2) is 0 Å². The number of amides is 1. The van der Waals surface area contributed by atoms with Crippen LogP contribution < -0.4 is 0 Å². The molecule has 1 aromatic rings. The number of rotatable bonds is 8. The van der Waals surface area contributed by atoms with Crippen LogP contribution >= 0.6 is 0 Å². The van der Waals surface area contributed by atoms with E-state index in [0.717, 1.165) is 0 Å². The molecule has 0 N–H and O–H groups in total. The van der Waals surface area contributed by atoms with Crippen molar-refractivity contribution in [3.63, 3.8) is 0 Å². The molecule has 0 aliphatic rings. The SMILES string of the molecule is COCCN(CC(C)C(=O)OC)C(=O)c1cccc([N+](=O)[O-])c1. The lowest BCUT2D eigenvalue weighted by molar-refractivity contribution is -0.384. The molecule has 0 aliphatic heterocycles. The molecule has 0 radical (unpaired) electrons. The Balaban J connectivity index is 2.96. The molecule has 23 heavy (non-hydrogen) atoms. The molecule has 0 spiro atoms. The molecule has 1 rings (SSSR count). The predicted molar refractivity (Wildman–Crippen MR) is 82.1 cm³/mol. The highest BCUT2D eigenvalue weighted by molar-refractivity contribution is 5.95.